The first-order valence-corrected chi connectivity index (χ1v) is 7.00. The summed E-state index contributed by atoms with van der Waals surface area (Å²) in [6, 6.07) is 9.04. The van der Waals surface area contributed by atoms with Gasteiger partial charge in [0.05, 0.1) is 24.6 Å². The molecule has 2 amide bonds. The molecule has 1 aromatic carbocycles. The smallest absolute Gasteiger partial charge is 0.228 e. The van der Waals surface area contributed by atoms with Crippen LogP contribution in [0.2, 0.25) is 0 Å². The van der Waals surface area contributed by atoms with Gasteiger partial charge in [-0.15, -0.1) is 0 Å². The molecule has 1 aliphatic rings. The Hall–Kier alpha value is -2.63. The minimum Gasteiger partial charge on any atom is -0.467 e. The summed E-state index contributed by atoms with van der Waals surface area (Å²) in [4.78, 5) is 23.9. The number of amides is 2. The Morgan fingerprint density at radius 2 is 1.86 bits per heavy atom. The van der Waals surface area contributed by atoms with Crippen molar-refractivity contribution in [2.75, 3.05) is 5.32 Å². The van der Waals surface area contributed by atoms with Crippen LogP contribution in [0.1, 0.15) is 12.2 Å². The van der Waals surface area contributed by atoms with Gasteiger partial charge in [0.1, 0.15) is 11.6 Å². The Kier molecular flexibility index (Phi) is 3.91. The van der Waals surface area contributed by atoms with Crippen molar-refractivity contribution < 1.29 is 18.4 Å². The lowest BCUT2D eigenvalue weighted by atomic mass is 10.2. The molecule has 0 bridgehead atoms. The third-order valence-electron chi connectivity index (χ3n) is 3.59. The first kappa shape index (κ1) is 14.3. The van der Waals surface area contributed by atoms with E-state index in [1.165, 1.54) is 30.5 Å². The molecule has 5 nitrogen and oxygen atoms in total. The first-order valence-electron chi connectivity index (χ1n) is 7.00. The minimum atomic E-state index is -0.361. The number of furan rings is 1. The summed E-state index contributed by atoms with van der Waals surface area (Å²) >= 11 is 0. The van der Waals surface area contributed by atoms with Gasteiger partial charge >= 0.3 is 0 Å². The highest BCUT2D eigenvalue weighted by molar-refractivity contribution is 5.99. The van der Waals surface area contributed by atoms with E-state index in [1.807, 2.05) is 0 Å². The second-order valence-corrected chi connectivity index (χ2v) is 5.24. The van der Waals surface area contributed by atoms with Gasteiger partial charge in [0.15, 0.2) is 0 Å². The van der Waals surface area contributed by atoms with Crippen LogP contribution in [0, 0.1) is 17.7 Å². The zero-order chi connectivity index (χ0) is 15.5. The molecule has 2 aromatic rings. The maximum atomic E-state index is 12.8. The molecule has 0 saturated heterocycles. The van der Waals surface area contributed by atoms with Crippen molar-refractivity contribution >= 4 is 17.5 Å². The summed E-state index contributed by atoms with van der Waals surface area (Å²) in [6.45, 7) is 0.314. The van der Waals surface area contributed by atoms with Gasteiger partial charge in [-0.25, -0.2) is 4.39 Å². The number of benzene rings is 1. The van der Waals surface area contributed by atoms with Gasteiger partial charge < -0.3 is 15.1 Å². The van der Waals surface area contributed by atoms with Crippen LogP contribution in [-0.2, 0) is 16.1 Å². The fourth-order valence-corrected chi connectivity index (χ4v) is 2.26. The summed E-state index contributed by atoms with van der Waals surface area (Å²) in [5, 5.41) is 5.42. The molecule has 1 heterocycles. The predicted molar refractivity (Wildman–Crippen MR) is 77.2 cm³/mol. The topological polar surface area (TPSA) is 71.3 Å². The van der Waals surface area contributed by atoms with Crippen molar-refractivity contribution in [3.63, 3.8) is 0 Å². The van der Waals surface area contributed by atoms with Gasteiger partial charge in [-0.3, -0.25) is 9.59 Å². The zero-order valence-electron chi connectivity index (χ0n) is 11.7. The number of halogens is 1. The second-order valence-electron chi connectivity index (χ2n) is 5.24. The molecule has 6 heteroatoms. The monoisotopic (exact) mass is 302 g/mol. The van der Waals surface area contributed by atoms with Gasteiger partial charge in [-0.05, 0) is 42.8 Å². The highest BCUT2D eigenvalue weighted by Crippen LogP contribution is 2.39. The van der Waals surface area contributed by atoms with Gasteiger partial charge in [0.2, 0.25) is 11.8 Å². The van der Waals surface area contributed by atoms with E-state index in [4.69, 9.17) is 4.42 Å². The van der Waals surface area contributed by atoms with E-state index in [9.17, 15) is 14.0 Å². The minimum absolute atomic E-state index is 0.157. The molecule has 1 fully saturated rings. The molecule has 0 aliphatic heterocycles. The first-order chi connectivity index (χ1) is 10.6. The Morgan fingerprint density at radius 1 is 1.14 bits per heavy atom. The summed E-state index contributed by atoms with van der Waals surface area (Å²) in [7, 11) is 0. The fraction of sp³-hybridized carbons (Fsp3) is 0.250. The quantitative estimate of drug-likeness (QED) is 0.890. The zero-order valence-corrected chi connectivity index (χ0v) is 11.7. The molecule has 2 N–H and O–H groups in total. The Morgan fingerprint density at radius 3 is 2.55 bits per heavy atom. The van der Waals surface area contributed by atoms with Crippen LogP contribution in [-0.4, -0.2) is 11.8 Å². The summed E-state index contributed by atoms with van der Waals surface area (Å²) < 4.78 is 17.9. The highest BCUT2D eigenvalue weighted by Gasteiger charge is 2.47. The van der Waals surface area contributed by atoms with Crippen molar-refractivity contribution in [1.82, 2.24) is 5.32 Å². The summed E-state index contributed by atoms with van der Waals surface area (Å²) in [5.41, 5.74) is 0.521. The van der Waals surface area contributed by atoms with Crippen molar-refractivity contribution in [3.05, 3.63) is 54.2 Å². The van der Waals surface area contributed by atoms with Gasteiger partial charge in [0, 0.05) is 5.69 Å². The molecule has 1 aromatic heterocycles. The van der Waals surface area contributed by atoms with E-state index < -0.39 is 0 Å². The number of hydrogen-bond acceptors (Lipinski definition) is 3. The summed E-state index contributed by atoms with van der Waals surface area (Å²) in [6.07, 6.45) is 2.06. The molecular formula is C16H15FN2O3. The normalized spacial score (nSPS) is 19.5. The standard InChI is InChI=1S/C16H15FN2O3/c17-10-3-5-11(6-4-10)19-16(21)14-8-13(14)15(20)18-9-12-2-1-7-22-12/h1-7,13-14H,8-9H2,(H,18,20)(H,19,21). The third kappa shape index (κ3) is 3.33. The average molecular weight is 302 g/mol. The molecule has 2 unspecified atom stereocenters. The van der Waals surface area contributed by atoms with Crippen LogP contribution < -0.4 is 10.6 Å². The summed E-state index contributed by atoms with van der Waals surface area (Å²) in [5.74, 6) is -0.710. The molecule has 0 radical (unpaired) electrons. The highest BCUT2D eigenvalue weighted by atomic mass is 19.1. The lowest BCUT2D eigenvalue weighted by Gasteiger charge is -2.05. The van der Waals surface area contributed by atoms with Crippen LogP contribution in [0.15, 0.2) is 47.1 Å². The number of carbonyl (C=O) groups is 2. The maximum absolute atomic E-state index is 12.8. The van der Waals surface area contributed by atoms with Crippen LogP contribution in [0.4, 0.5) is 10.1 Å². The third-order valence-corrected chi connectivity index (χ3v) is 3.59. The Balaban J connectivity index is 1.47. The molecule has 1 aliphatic carbocycles. The molecule has 114 valence electrons. The van der Waals surface area contributed by atoms with E-state index in [0.29, 0.717) is 24.4 Å². The van der Waals surface area contributed by atoms with E-state index in [0.717, 1.165) is 0 Å². The van der Waals surface area contributed by atoms with E-state index in [-0.39, 0.29) is 29.5 Å². The largest absolute Gasteiger partial charge is 0.467 e. The predicted octanol–water partition coefficient (Wildman–Crippen LogP) is 2.31. The van der Waals surface area contributed by atoms with Crippen LogP contribution in [0.5, 0.6) is 0 Å². The molecule has 2 atom stereocenters. The number of carbonyl (C=O) groups excluding carboxylic acids is 2. The molecular weight excluding hydrogens is 287 g/mol. The van der Waals surface area contributed by atoms with Crippen molar-refractivity contribution in [1.29, 1.82) is 0 Å². The van der Waals surface area contributed by atoms with Crippen molar-refractivity contribution in [2.24, 2.45) is 11.8 Å². The fourth-order valence-electron chi connectivity index (χ4n) is 2.26. The van der Waals surface area contributed by atoms with Crippen molar-refractivity contribution in [3.8, 4) is 0 Å². The number of nitrogens with one attached hydrogen (secondary N) is 2. The van der Waals surface area contributed by atoms with Crippen LogP contribution >= 0.6 is 0 Å². The van der Waals surface area contributed by atoms with Crippen LogP contribution in [0.3, 0.4) is 0 Å². The van der Waals surface area contributed by atoms with Crippen LogP contribution in [0.25, 0.3) is 0 Å². The van der Waals surface area contributed by atoms with Gasteiger partial charge in [-0.1, -0.05) is 0 Å². The SMILES string of the molecule is O=C(NCc1ccco1)C1CC1C(=O)Nc1ccc(F)cc1. The maximum Gasteiger partial charge on any atom is 0.228 e. The second kappa shape index (κ2) is 6.01. The van der Waals surface area contributed by atoms with Gasteiger partial charge in [-0.2, -0.15) is 0 Å². The number of anilines is 1. The Labute approximate surface area is 126 Å². The average Bonchev–Trinajstić information content (AvgIpc) is 3.15. The Bertz CT molecular complexity index is 667. The lowest BCUT2D eigenvalue weighted by Crippen LogP contribution is -2.26. The van der Waals surface area contributed by atoms with E-state index in [1.54, 1.807) is 12.1 Å². The van der Waals surface area contributed by atoms with E-state index >= 15 is 0 Å². The molecule has 0 spiro atoms. The number of rotatable bonds is 5. The lowest BCUT2D eigenvalue weighted by molar-refractivity contribution is -0.125. The molecule has 22 heavy (non-hydrogen) atoms. The molecule has 1 saturated carbocycles. The van der Waals surface area contributed by atoms with Crippen molar-refractivity contribution in [2.45, 2.75) is 13.0 Å². The van der Waals surface area contributed by atoms with Gasteiger partial charge in [0.25, 0.3) is 0 Å². The number of hydrogen-bond donors (Lipinski definition) is 2. The molecule has 3 rings (SSSR count). The van der Waals surface area contributed by atoms with E-state index in [2.05, 4.69) is 10.6 Å².